The maximum absolute atomic E-state index is 12.9. The van der Waals surface area contributed by atoms with E-state index in [9.17, 15) is 19.4 Å². The molecule has 2 N–H and O–H groups in total. The molecule has 0 aliphatic carbocycles. The summed E-state index contributed by atoms with van der Waals surface area (Å²) in [5.41, 5.74) is 1.58. The Bertz CT molecular complexity index is 670. The van der Waals surface area contributed by atoms with Crippen molar-refractivity contribution in [3.05, 3.63) is 65.5 Å². The predicted molar refractivity (Wildman–Crippen MR) is 94.8 cm³/mol. The van der Waals surface area contributed by atoms with E-state index in [1.54, 1.807) is 43.3 Å². The fourth-order valence-electron chi connectivity index (χ4n) is 2.54. The average Bonchev–Trinajstić information content (AvgIpc) is 2.55. The Morgan fingerprint density at radius 2 is 1.62 bits per heavy atom. The molecular weight excluding hydrogens is 327 g/mol. The molecule has 0 bridgehead atoms. The van der Waals surface area contributed by atoms with Gasteiger partial charge < -0.3 is 10.2 Å². The van der Waals surface area contributed by atoms with Crippen molar-refractivity contribution in [2.24, 2.45) is 0 Å². The molecule has 0 radical (unpaired) electrons. The number of phenolic OH excluding ortho intramolecular Hbond substituents is 1. The Hall–Kier alpha value is -1.85. The Labute approximate surface area is 145 Å². The third-order valence-corrected chi connectivity index (χ3v) is 5.57. The molecule has 0 amide bonds. The molecule has 0 aliphatic heterocycles. The smallest absolute Gasteiger partial charge is 0.143 e. The average molecular weight is 348 g/mol. The SMILES string of the molecule is CC(=O)[C@H](SCC(O)c1ccc(F)cc1)C(C)c1ccc(O)cc1. The lowest BCUT2D eigenvalue weighted by atomic mass is 9.95. The summed E-state index contributed by atoms with van der Waals surface area (Å²) in [5.74, 6) is 0.171. The number of thioether (sulfide) groups is 1. The van der Waals surface area contributed by atoms with Crippen LogP contribution in [0.1, 0.15) is 37.0 Å². The van der Waals surface area contributed by atoms with Crippen LogP contribution in [-0.2, 0) is 4.79 Å². The quantitative estimate of drug-likeness (QED) is 0.792. The van der Waals surface area contributed by atoms with Crippen molar-refractivity contribution in [2.45, 2.75) is 31.1 Å². The maximum atomic E-state index is 12.9. The van der Waals surface area contributed by atoms with E-state index in [2.05, 4.69) is 0 Å². The van der Waals surface area contributed by atoms with Gasteiger partial charge in [0.05, 0.1) is 11.4 Å². The molecule has 5 heteroatoms. The van der Waals surface area contributed by atoms with Crippen LogP contribution < -0.4 is 0 Å². The van der Waals surface area contributed by atoms with Crippen molar-refractivity contribution in [1.29, 1.82) is 0 Å². The van der Waals surface area contributed by atoms with E-state index in [4.69, 9.17) is 0 Å². The van der Waals surface area contributed by atoms with Crippen molar-refractivity contribution >= 4 is 17.5 Å². The van der Waals surface area contributed by atoms with Gasteiger partial charge in [0.1, 0.15) is 17.3 Å². The lowest BCUT2D eigenvalue weighted by Crippen LogP contribution is -2.22. The molecule has 0 saturated carbocycles. The first-order valence-corrected chi connectivity index (χ1v) is 8.78. The first-order chi connectivity index (χ1) is 11.4. The van der Waals surface area contributed by atoms with E-state index in [1.807, 2.05) is 6.92 Å². The van der Waals surface area contributed by atoms with Gasteiger partial charge >= 0.3 is 0 Å². The highest BCUT2D eigenvalue weighted by atomic mass is 32.2. The zero-order valence-electron chi connectivity index (χ0n) is 13.6. The van der Waals surface area contributed by atoms with Crippen LogP contribution in [0.25, 0.3) is 0 Å². The number of hydrogen-bond acceptors (Lipinski definition) is 4. The fourth-order valence-corrected chi connectivity index (χ4v) is 3.80. The van der Waals surface area contributed by atoms with Crippen LogP contribution in [0.3, 0.4) is 0 Å². The highest BCUT2D eigenvalue weighted by Crippen LogP contribution is 2.32. The third-order valence-electron chi connectivity index (χ3n) is 3.96. The third kappa shape index (κ3) is 4.82. The minimum Gasteiger partial charge on any atom is -0.508 e. The summed E-state index contributed by atoms with van der Waals surface area (Å²) in [6.45, 7) is 3.49. The van der Waals surface area contributed by atoms with Gasteiger partial charge in [0, 0.05) is 5.75 Å². The van der Waals surface area contributed by atoms with Gasteiger partial charge in [-0.2, -0.15) is 0 Å². The summed E-state index contributed by atoms with van der Waals surface area (Å²) >= 11 is 1.39. The molecule has 2 aromatic rings. The standard InChI is InChI=1S/C19H21FO3S/c1-12(14-5-9-17(22)10-6-14)19(13(2)21)24-11-18(23)15-3-7-16(20)8-4-15/h3-10,12,18-19,22-23H,11H2,1-2H3/t12?,18?,19-/m1/s1. The molecule has 24 heavy (non-hydrogen) atoms. The summed E-state index contributed by atoms with van der Waals surface area (Å²) in [4.78, 5) is 12.0. The van der Waals surface area contributed by atoms with Gasteiger partial charge in [-0.25, -0.2) is 4.39 Å². The van der Waals surface area contributed by atoms with Crippen LogP contribution in [0.15, 0.2) is 48.5 Å². The van der Waals surface area contributed by atoms with E-state index in [1.165, 1.54) is 23.9 Å². The minimum absolute atomic E-state index is 0.0341. The van der Waals surface area contributed by atoms with Crippen LogP contribution in [0, 0.1) is 5.82 Å². The number of rotatable bonds is 7. The zero-order chi connectivity index (χ0) is 17.7. The zero-order valence-corrected chi connectivity index (χ0v) is 14.5. The highest BCUT2D eigenvalue weighted by Gasteiger charge is 2.25. The van der Waals surface area contributed by atoms with Crippen LogP contribution >= 0.6 is 11.8 Å². The topological polar surface area (TPSA) is 57.5 Å². The molecular formula is C19H21FO3S. The number of carbonyl (C=O) groups is 1. The summed E-state index contributed by atoms with van der Waals surface area (Å²) in [7, 11) is 0. The number of Topliss-reactive ketones (excluding diaryl/α,β-unsaturated/α-hetero) is 1. The number of ketones is 1. The normalized spacial score (nSPS) is 14.8. The Morgan fingerprint density at radius 3 is 2.17 bits per heavy atom. The molecule has 0 fully saturated rings. The van der Waals surface area contributed by atoms with Gasteiger partial charge in [-0.3, -0.25) is 4.79 Å². The molecule has 2 rings (SSSR count). The van der Waals surface area contributed by atoms with Gasteiger partial charge in [0.25, 0.3) is 0 Å². The van der Waals surface area contributed by atoms with Crippen molar-refractivity contribution in [3.63, 3.8) is 0 Å². The Kier molecular flexibility index (Phi) is 6.40. The van der Waals surface area contributed by atoms with Gasteiger partial charge in [-0.1, -0.05) is 31.2 Å². The largest absolute Gasteiger partial charge is 0.508 e. The Morgan fingerprint density at radius 1 is 1.08 bits per heavy atom. The van der Waals surface area contributed by atoms with E-state index in [0.717, 1.165) is 5.56 Å². The number of halogens is 1. The molecule has 0 aromatic heterocycles. The molecule has 0 saturated heterocycles. The van der Waals surface area contributed by atoms with Crippen LogP contribution in [0.5, 0.6) is 5.75 Å². The molecule has 0 heterocycles. The summed E-state index contributed by atoms with van der Waals surface area (Å²) in [6.07, 6.45) is -0.760. The van der Waals surface area contributed by atoms with Gasteiger partial charge in [-0.05, 0) is 48.2 Å². The van der Waals surface area contributed by atoms with E-state index < -0.39 is 6.10 Å². The number of phenols is 1. The molecule has 3 atom stereocenters. The number of aliphatic hydroxyl groups excluding tert-OH is 1. The summed E-state index contributed by atoms with van der Waals surface area (Å²) in [6, 6.07) is 12.5. The number of aliphatic hydroxyl groups is 1. The van der Waals surface area contributed by atoms with E-state index >= 15 is 0 Å². The first kappa shape index (κ1) is 18.5. The molecule has 0 spiro atoms. The molecule has 0 aliphatic rings. The number of hydrogen-bond donors (Lipinski definition) is 2. The van der Waals surface area contributed by atoms with Crippen LogP contribution in [-0.4, -0.2) is 27.0 Å². The summed E-state index contributed by atoms with van der Waals surface area (Å²) in [5, 5.41) is 19.3. The van der Waals surface area contributed by atoms with Crippen molar-refractivity contribution < 1.29 is 19.4 Å². The highest BCUT2D eigenvalue weighted by molar-refractivity contribution is 8.00. The lowest BCUT2D eigenvalue weighted by Gasteiger charge is -2.23. The molecule has 3 nitrogen and oxygen atoms in total. The monoisotopic (exact) mass is 348 g/mol. The molecule has 2 unspecified atom stereocenters. The Balaban J connectivity index is 2.04. The fraction of sp³-hybridized carbons (Fsp3) is 0.316. The second-order valence-electron chi connectivity index (χ2n) is 5.81. The second kappa shape index (κ2) is 8.31. The predicted octanol–water partition coefficient (Wildman–Crippen LogP) is 4.06. The molecule has 2 aromatic carbocycles. The minimum atomic E-state index is -0.760. The van der Waals surface area contributed by atoms with Gasteiger partial charge in [0.2, 0.25) is 0 Å². The van der Waals surface area contributed by atoms with Crippen LogP contribution in [0.2, 0.25) is 0 Å². The van der Waals surface area contributed by atoms with Gasteiger partial charge in [0.15, 0.2) is 0 Å². The van der Waals surface area contributed by atoms with Gasteiger partial charge in [-0.15, -0.1) is 11.8 Å². The van der Waals surface area contributed by atoms with Crippen molar-refractivity contribution in [1.82, 2.24) is 0 Å². The number of aromatic hydroxyl groups is 1. The number of benzene rings is 2. The van der Waals surface area contributed by atoms with E-state index in [-0.39, 0.29) is 28.5 Å². The van der Waals surface area contributed by atoms with Crippen molar-refractivity contribution in [2.75, 3.05) is 5.75 Å². The first-order valence-electron chi connectivity index (χ1n) is 7.73. The summed E-state index contributed by atoms with van der Waals surface area (Å²) < 4.78 is 12.9. The number of carbonyl (C=O) groups excluding carboxylic acids is 1. The van der Waals surface area contributed by atoms with Crippen LogP contribution in [0.4, 0.5) is 4.39 Å². The second-order valence-corrected chi connectivity index (χ2v) is 6.99. The maximum Gasteiger partial charge on any atom is 0.143 e. The lowest BCUT2D eigenvalue weighted by molar-refractivity contribution is -0.116. The molecule has 128 valence electrons. The van der Waals surface area contributed by atoms with E-state index in [0.29, 0.717) is 11.3 Å². The van der Waals surface area contributed by atoms with Crippen molar-refractivity contribution in [3.8, 4) is 5.75 Å².